The topological polar surface area (TPSA) is 82.1 Å². The summed E-state index contributed by atoms with van der Waals surface area (Å²) in [7, 11) is 3.31. The first-order valence-corrected chi connectivity index (χ1v) is 8.37. The van der Waals surface area contributed by atoms with E-state index < -0.39 is 5.69 Å². The third-order valence-corrected chi connectivity index (χ3v) is 5.04. The monoisotopic (exact) mass is 345 g/mol. The molecule has 1 fully saturated rings. The van der Waals surface area contributed by atoms with E-state index in [1.165, 1.54) is 23.9 Å². The second-order valence-corrected chi connectivity index (χ2v) is 6.58. The molecule has 3 rings (SSSR count). The van der Waals surface area contributed by atoms with Gasteiger partial charge in [-0.25, -0.2) is 4.79 Å². The molecular weight excluding hydrogens is 322 g/mol. The molecule has 134 valence electrons. The maximum absolute atomic E-state index is 12.8. The Labute approximate surface area is 145 Å². The Balaban J connectivity index is 1.88. The van der Waals surface area contributed by atoms with Gasteiger partial charge in [0.05, 0.1) is 11.7 Å². The van der Waals surface area contributed by atoms with Crippen LogP contribution in [0.5, 0.6) is 0 Å². The van der Waals surface area contributed by atoms with Crippen LogP contribution in [-0.2, 0) is 25.4 Å². The molecule has 8 nitrogen and oxygen atoms in total. The van der Waals surface area contributed by atoms with Crippen molar-refractivity contribution in [1.29, 1.82) is 0 Å². The van der Waals surface area contributed by atoms with Crippen molar-refractivity contribution in [1.82, 2.24) is 23.8 Å². The van der Waals surface area contributed by atoms with E-state index in [0.29, 0.717) is 6.54 Å². The van der Waals surface area contributed by atoms with Crippen LogP contribution < -0.4 is 11.2 Å². The number of amides is 1. The molecule has 0 unspecified atom stereocenters. The van der Waals surface area contributed by atoms with Gasteiger partial charge >= 0.3 is 5.69 Å². The third kappa shape index (κ3) is 2.92. The highest BCUT2D eigenvalue weighted by molar-refractivity contribution is 5.77. The highest BCUT2D eigenvalue weighted by atomic mass is 16.2. The maximum atomic E-state index is 12.8. The molecule has 0 radical (unpaired) electrons. The molecule has 1 aliphatic rings. The van der Waals surface area contributed by atoms with E-state index >= 15 is 0 Å². The van der Waals surface area contributed by atoms with Crippen molar-refractivity contribution in [3.8, 4) is 0 Å². The minimum absolute atomic E-state index is 0.00978. The van der Waals surface area contributed by atoms with Gasteiger partial charge in [-0.05, 0) is 26.7 Å². The predicted molar refractivity (Wildman–Crippen MR) is 92.3 cm³/mol. The number of nitrogens with zero attached hydrogens (tertiary/aromatic N) is 5. The third-order valence-electron chi connectivity index (χ3n) is 5.04. The molecule has 2 aromatic rings. The Bertz CT molecular complexity index is 937. The summed E-state index contributed by atoms with van der Waals surface area (Å²) in [4.78, 5) is 38.3. The fourth-order valence-corrected chi connectivity index (χ4v) is 3.61. The van der Waals surface area contributed by atoms with Gasteiger partial charge in [0.15, 0.2) is 0 Å². The summed E-state index contributed by atoms with van der Waals surface area (Å²) < 4.78 is 4.12. The van der Waals surface area contributed by atoms with Crippen molar-refractivity contribution >= 4 is 5.91 Å². The van der Waals surface area contributed by atoms with Gasteiger partial charge in [-0.3, -0.25) is 23.4 Å². The molecule has 1 amide bonds. The molecular formula is C17H23N5O3. The quantitative estimate of drug-likeness (QED) is 0.799. The largest absolute Gasteiger partial charge is 0.334 e. The van der Waals surface area contributed by atoms with Crippen LogP contribution >= 0.6 is 0 Å². The molecule has 2 aromatic heterocycles. The van der Waals surface area contributed by atoms with Crippen LogP contribution in [0.25, 0.3) is 0 Å². The van der Waals surface area contributed by atoms with Gasteiger partial charge in [0.2, 0.25) is 5.91 Å². The van der Waals surface area contributed by atoms with E-state index in [1.807, 2.05) is 30.5 Å². The Morgan fingerprint density at radius 3 is 2.64 bits per heavy atom. The van der Waals surface area contributed by atoms with Crippen LogP contribution in [0.3, 0.4) is 0 Å². The molecule has 0 saturated carbocycles. The zero-order valence-electron chi connectivity index (χ0n) is 15.0. The normalized spacial score (nSPS) is 17.3. The SMILES string of the molecule is Cc1nn(C)c(C)c1[C@H]1CCCN1C(=O)Cn1ccc(=O)n(C)c1=O. The number of aryl methyl sites for hydroxylation is 2. The molecule has 0 N–H and O–H groups in total. The minimum atomic E-state index is -0.481. The zero-order chi connectivity index (χ0) is 18.3. The zero-order valence-corrected chi connectivity index (χ0v) is 15.0. The Morgan fingerprint density at radius 2 is 2.00 bits per heavy atom. The van der Waals surface area contributed by atoms with Crippen LogP contribution in [0, 0.1) is 13.8 Å². The first-order valence-electron chi connectivity index (χ1n) is 8.37. The molecule has 0 aromatic carbocycles. The number of aromatic nitrogens is 4. The summed E-state index contributed by atoms with van der Waals surface area (Å²) >= 11 is 0. The maximum Gasteiger partial charge on any atom is 0.331 e. The number of rotatable bonds is 3. The average Bonchev–Trinajstić information content (AvgIpc) is 3.13. The lowest BCUT2D eigenvalue weighted by molar-refractivity contribution is -0.132. The van der Waals surface area contributed by atoms with Crippen molar-refractivity contribution in [2.75, 3.05) is 6.54 Å². The highest BCUT2D eigenvalue weighted by Gasteiger charge is 2.33. The van der Waals surface area contributed by atoms with E-state index in [9.17, 15) is 14.4 Å². The molecule has 0 aliphatic carbocycles. The van der Waals surface area contributed by atoms with Gasteiger partial charge in [0, 0.05) is 44.2 Å². The van der Waals surface area contributed by atoms with Gasteiger partial charge in [0.1, 0.15) is 6.54 Å². The van der Waals surface area contributed by atoms with Crippen molar-refractivity contribution in [2.45, 2.75) is 39.3 Å². The molecule has 1 atom stereocenters. The van der Waals surface area contributed by atoms with Crippen molar-refractivity contribution in [3.05, 3.63) is 50.1 Å². The lowest BCUT2D eigenvalue weighted by atomic mass is 10.0. The van der Waals surface area contributed by atoms with Crippen LogP contribution in [-0.4, -0.2) is 36.3 Å². The molecule has 1 saturated heterocycles. The first-order chi connectivity index (χ1) is 11.8. The van der Waals surface area contributed by atoms with Gasteiger partial charge < -0.3 is 4.90 Å². The number of hydrogen-bond acceptors (Lipinski definition) is 4. The number of carbonyl (C=O) groups is 1. The second-order valence-electron chi connectivity index (χ2n) is 6.58. The summed E-state index contributed by atoms with van der Waals surface area (Å²) in [6, 6.07) is 1.29. The molecule has 3 heterocycles. The Morgan fingerprint density at radius 1 is 1.28 bits per heavy atom. The summed E-state index contributed by atoms with van der Waals surface area (Å²) in [6.45, 7) is 4.56. The van der Waals surface area contributed by atoms with E-state index in [1.54, 1.807) is 0 Å². The van der Waals surface area contributed by atoms with E-state index in [2.05, 4.69) is 5.10 Å². The van der Waals surface area contributed by atoms with Crippen LogP contribution in [0.1, 0.15) is 35.8 Å². The van der Waals surface area contributed by atoms with Gasteiger partial charge in [0.25, 0.3) is 5.56 Å². The van der Waals surface area contributed by atoms with Gasteiger partial charge in [-0.2, -0.15) is 5.10 Å². The van der Waals surface area contributed by atoms with E-state index in [0.717, 1.165) is 34.4 Å². The first kappa shape index (κ1) is 17.2. The summed E-state index contributed by atoms with van der Waals surface area (Å²) in [6.07, 6.45) is 3.20. The summed E-state index contributed by atoms with van der Waals surface area (Å²) in [5.74, 6) is -0.120. The molecule has 25 heavy (non-hydrogen) atoms. The average molecular weight is 345 g/mol. The van der Waals surface area contributed by atoms with Crippen molar-refractivity contribution < 1.29 is 4.79 Å². The summed E-state index contributed by atoms with van der Waals surface area (Å²) in [5, 5.41) is 4.45. The summed E-state index contributed by atoms with van der Waals surface area (Å²) in [5.41, 5.74) is 2.23. The van der Waals surface area contributed by atoms with Crippen LogP contribution in [0.15, 0.2) is 21.9 Å². The number of carbonyl (C=O) groups excluding carboxylic acids is 1. The van der Waals surface area contributed by atoms with Gasteiger partial charge in [-0.1, -0.05) is 0 Å². The van der Waals surface area contributed by atoms with E-state index in [-0.39, 0.29) is 24.1 Å². The molecule has 0 spiro atoms. The molecule has 0 bridgehead atoms. The smallest absolute Gasteiger partial charge is 0.331 e. The van der Waals surface area contributed by atoms with Crippen molar-refractivity contribution in [2.24, 2.45) is 14.1 Å². The standard InChI is InChI=1S/C17H23N5O3/c1-11-16(12(2)20(4)18-11)13-6-5-8-22(13)15(24)10-21-9-7-14(23)19(3)17(21)25/h7,9,13H,5-6,8,10H2,1-4H3/t13-/m1/s1. The van der Waals surface area contributed by atoms with Crippen LogP contribution in [0.4, 0.5) is 0 Å². The van der Waals surface area contributed by atoms with Crippen LogP contribution in [0.2, 0.25) is 0 Å². The lowest BCUT2D eigenvalue weighted by Gasteiger charge is -2.25. The second kappa shape index (κ2) is 6.34. The van der Waals surface area contributed by atoms with Gasteiger partial charge in [-0.15, -0.1) is 0 Å². The Kier molecular flexibility index (Phi) is 4.36. The lowest BCUT2D eigenvalue weighted by Crippen LogP contribution is -2.41. The minimum Gasteiger partial charge on any atom is -0.334 e. The predicted octanol–water partition coefficient (Wildman–Crippen LogP) is 0.261. The number of hydrogen-bond donors (Lipinski definition) is 0. The molecule has 1 aliphatic heterocycles. The highest BCUT2D eigenvalue weighted by Crippen LogP contribution is 2.35. The van der Waals surface area contributed by atoms with E-state index in [4.69, 9.17) is 0 Å². The fourth-order valence-electron chi connectivity index (χ4n) is 3.61. The fraction of sp³-hybridized carbons (Fsp3) is 0.529. The van der Waals surface area contributed by atoms with Crippen molar-refractivity contribution in [3.63, 3.8) is 0 Å². The Hall–Kier alpha value is -2.64. The molecule has 8 heteroatoms. The number of likely N-dealkylation sites (tertiary alicyclic amines) is 1.